The Bertz CT molecular complexity index is 654. The monoisotopic (exact) mass is 344 g/mol. The SMILES string of the molecule is CCOc1cc(OCC)c(C(=O)N(CC)CC)c(S(N)(=O)=O)c1. The number of rotatable bonds is 8. The van der Waals surface area contributed by atoms with E-state index in [2.05, 4.69) is 0 Å². The van der Waals surface area contributed by atoms with Gasteiger partial charge in [-0.15, -0.1) is 0 Å². The predicted molar refractivity (Wildman–Crippen MR) is 87.4 cm³/mol. The van der Waals surface area contributed by atoms with Crippen molar-refractivity contribution in [1.29, 1.82) is 0 Å². The lowest BCUT2D eigenvalue weighted by atomic mass is 10.1. The van der Waals surface area contributed by atoms with Crippen LogP contribution in [0.3, 0.4) is 0 Å². The molecule has 23 heavy (non-hydrogen) atoms. The number of carbonyl (C=O) groups is 1. The zero-order valence-corrected chi connectivity index (χ0v) is 14.8. The zero-order valence-electron chi connectivity index (χ0n) is 14.0. The van der Waals surface area contributed by atoms with Crippen LogP contribution < -0.4 is 14.6 Å². The molecule has 0 saturated heterocycles. The van der Waals surface area contributed by atoms with Crippen LogP contribution in [0, 0.1) is 0 Å². The van der Waals surface area contributed by atoms with Crippen LogP contribution in [0.1, 0.15) is 38.1 Å². The van der Waals surface area contributed by atoms with Gasteiger partial charge in [-0.2, -0.15) is 0 Å². The molecule has 7 nitrogen and oxygen atoms in total. The van der Waals surface area contributed by atoms with Crippen LogP contribution in [0.5, 0.6) is 11.5 Å². The molecular weight excluding hydrogens is 320 g/mol. The number of nitrogens with zero attached hydrogens (tertiary/aromatic N) is 1. The van der Waals surface area contributed by atoms with Gasteiger partial charge in [0.15, 0.2) is 0 Å². The number of sulfonamides is 1. The molecule has 0 aliphatic carbocycles. The van der Waals surface area contributed by atoms with Crippen molar-refractivity contribution in [3.05, 3.63) is 17.7 Å². The van der Waals surface area contributed by atoms with E-state index in [-0.39, 0.29) is 28.6 Å². The first-order valence-electron chi connectivity index (χ1n) is 7.55. The highest BCUT2D eigenvalue weighted by Gasteiger charge is 2.28. The summed E-state index contributed by atoms with van der Waals surface area (Å²) in [6.45, 7) is 8.65. The zero-order chi connectivity index (χ0) is 17.6. The van der Waals surface area contributed by atoms with Crippen molar-refractivity contribution in [2.24, 2.45) is 5.14 Å². The minimum absolute atomic E-state index is 0.0542. The summed E-state index contributed by atoms with van der Waals surface area (Å²) in [5.41, 5.74) is -0.0542. The Balaban J connectivity index is 3.65. The quantitative estimate of drug-likeness (QED) is 0.772. The Hall–Kier alpha value is -1.80. The van der Waals surface area contributed by atoms with E-state index in [1.807, 2.05) is 13.8 Å². The molecule has 0 unspecified atom stereocenters. The van der Waals surface area contributed by atoms with E-state index in [0.29, 0.717) is 19.7 Å². The lowest BCUT2D eigenvalue weighted by Gasteiger charge is -2.22. The molecule has 0 fully saturated rings. The normalized spacial score (nSPS) is 11.2. The van der Waals surface area contributed by atoms with E-state index < -0.39 is 15.9 Å². The van der Waals surface area contributed by atoms with Crippen LogP contribution in [0.2, 0.25) is 0 Å². The van der Waals surface area contributed by atoms with Gasteiger partial charge in [0.05, 0.1) is 13.2 Å². The van der Waals surface area contributed by atoms with Crippen molar-refractivity contribution in [2.75, 3.05) is 26.3 Å². The average Bonchev–Trinajstić information content (AvgIpc) is 2.47. The molecule has 1 amide bonds. The molecule has 130 valence electrons. The van der Waals surface area contributed by atoms with Crippen molar-refractivity contribution >= 4 is 15.9 Å². The van der Waals surface area contributed by atoms with E-state index in [1.54, 1.807) is 13.8 Å². The van der Waals surface area contributed by atoms with E-state index in [4.69, 9.17) is 14.6 Å². The molecule has 0 aliphatic heterocycles. The summed E-state index contributed by atoms with van der Waals surface area (Å²) in [7, 11) is -4.12. The van der Waals surface area contributed by atoms with Crippen molar-refractivity contribution in [3.63, 3.8) is 0 Å². The lowest BCUT2D eigenvalue weighted by Crippen LogP contribution is -2.32. The second-order valence-electron chi connectivity index (χ2n) is 4.68. The number of carbonyl (C=O) groups excluding carboxylic acids is 1. The molecule has 0 saturated carbocycles. The smallest absolute Gasteiger partial charge is 0.258 e. The summed E-state index contributed by atoms with van der Waals surface area (Å²) in [6.07, 6.45) is 0. The maximum absolute atomic E-state index is 12.7. The standard InChI is InChI=1S/C15H24N2O5S/c1-5-17(6-2)15(18)14-12(22-8-4)9-11(21-7-3)10-13(14)23(16,19)20/h9-10H,5-8H2,1-4H3,(H2,16,19,20). The summed E-state index contributed by atoms with van der Waals surface area (Å²) in [5.74, 6) is 0.000899. The molecule has 0 atom stereocenters. The molecule has 1 aromatic carbocycles. The van der Waals surface area contributed by atoms with Crippen molar-refractivity contribution in [3.8, 4) is 11.5 Å². The first-order valence-corrected chi connectivity index (χ1v) is 9.10. The Morgan fingerprint density at radius 3 is 2.09 bits per heavy atom. The Morgan fingerprint density at radius 2 is 1.65 bits per heavy atom. The molecule has 0 aromatic heterocycles. The molecule has 1 rings (SSSR count). The third-order valence-corrected chi connectivity index (χ3v) is 4.16. The highest BCUT2D eigenvalue weighted by atomic mass is 32.2. The van der Waals surface area contributed by atoms with Crippen molar-refractivity contribution < 1.29 is 22.7 Å². The summed E-state index contributed by atoms with van der Waals surface area (Å²) in [6, 6.07) is 2.77. The highest BCUT2D eigenvalue weighted by Crippen LogP contribution is 2.32. The van der Waals surface area contributed by atoms with Gasteiger partial charge < -0.3 is 14.4 Å². The summed E-state index contributed by atoms with van der Waals surface area (Å²) >= 11 is 0. The molecule has 0 radical (unpaired) electrons. The number of hydrogen-bond donors (Lipinski definition) is 1. The van der Waals surface area contributed by atoms with E-state index in [0.717, 1.165) is 0 Å². The van der Waals surface area contributed by atoms with Gasteiger partial charge in [0.25, 0.3) is 5.91 Å². The Kier molecular flexibility index (Phi) is 6.83. The van der Waals surface area contributed by atoms with Gasteiger partial charge in [-0.1, -0.05) is 0 Å². The van der Waals surface area contributed by atoms with E-state index in [9.17, 15) is 13.2 Å². The van der Waals surface area contributed by atoms with Gasteiger partial charge in [0, 0.05) is 25.2 Å². The summed E-state index contributed by atoms with van der Waals surface area (Å²) < 4.78 is 34.8. The molecule has 0 heterocycles. The minimum Gasteiger partial charge on any atom is -0.494 e. The summed E-state index contributed by atoms with van der Waals surface area (Å²) in [5, 5.41) is 5.30. The van der Waals surface area contributed by atoms with Gasteiger partial charge in [0.2, 0.25) is 10.0 Å². The first kappa shape index (κ1) is 19.2. The topological polar surface area (TPSA) is 98.9 Å². The maximum atomic E-state index is 12.7. The first-order chi connectivity index (χ1) is 10.8. The van der Waals surface area contributed by atoms with Gasteiger partial charge in [-0.05, 0) is 27.7 Å². The van der Waals surface area contributed by atoms with Crippen LogP contribution >= 0.6 is 0 Å². The minimum atomic E-state index is -4.12. The van der Waals surface area contributed by atoms with Crippen LogP contribution in [0.4, 0.5) is 0 Å². The Labute approximate surface area is 137 Å². The van der Waals surface area contributed by atoms with Crippen LogP contribution in [-0.2, 0) is 10.0 Å². The van der Waals surface area contributed by atoms with E-state index >= 15 is 0 Å². The largest absolute Gasteiger partial charge is 0.494 e. The molecule has 0 aliphatic rings. The van der Waals surface area contributed by atoms with Gasteiger partial charge in [-0.3, -0.25) is 4.79 Å². The Morgan fingerprint density at radius 1 is 1.09 bits per heavy atom. The number of amides is 1. The molecule has 8 heteroatoms. The second-order valence-corrected chi connectivity index (χ2v) is 6.21. The van der Waals surface area contributed by atoms with Crippen molar-refractivity contribution in [1.82, 2.24) is 4.90 Å². The van der Waals surface area contributed by atoms with Gasteiger partial charge in [-0.25, -0.2) is 13.6 Å². The lowest BCUT2D eigenvalue weighted by molar-refractivity contribution is 0.0764. The van der Waals surface area contributed by atoms with Crippen LogP contribution in [0.15, 0.2) is 17.0 Å². The van der Waals surface area contributed by atoms with Gasteiger partial charge >= 0.3 is 0 Å². The van der Waals surface area contributed by atoms with Crippen molar-refractivity contribution in [2.45, 2.75) is 32.6 Å². The summed E-state index contributed by atoms with van der Waals surface area (Å²) in [4.78, 5) is 13.9. The molecule has 2 N–H and O–H groups in total. The number of nitrogens with two attached hydrogens (primary N) is 1. The molecule has 0 bridgehead atoms. The fourth-order valence-corrected chi connectivity index (χ4v) is 2.94. The highest BCUT2D eigenvalue weighted by molar-refractivity contribution is 7.89. The molecule has 0 spiro atoms. The fourth-order valence-electron chi connectivity index (χ4n) is 2.19. The number of benzene rings is 1. The van der Waals surface area contributed by atoms with E-state index in [1.165, 1.54) is 17.0 Å². The number of hydrogen-bond acceptors (Lipinski definition) is 5. The molecular formula is C15H24N2O5S. The third-order valence-electron chi connectivity index (χ3n) is 3.22. The van der Waals surface area contributed by atoms with Gasteiger partial charge in [0.1, 0.15) is 22.0 Å². The van der Waals surface area contributed by atoms with Crippen LogP contribution in [0.25, 0.3) is 0 Å². The second kappa shape index (κ2) is 8.16. The number of primary sulfonamides is 1. The molecule has 1 aromatic rings. The average molecular weight is 344 g/mol. The number of ether oxygens (including phenoxy) is 2. The fraction of sp³-hybridized carbons (Fsp3) is 0.533. The maximum Gasteiger partial charge on any atom is 0.258 e. The third kappa shape index (κ3) is 4.59. The predicted octanol–water partition coefficient (Wildman–Crippen LogP) is 1.61. The van der Waals surface area contributed by atoms with Crippen LogP contribution in [-0.4, -0.2) is 45.5 Å².